The van der Waals surface area contributed by atoms with Crippen LogP contribution < -0.4 is 5.32 Å². The van der Waals surface area contributed by atoms with Gasteiger partial charge in [0.25, 0.3) is 5.91 Å². The molecule has 1 heterocycles. The first-order chi connectivity index (χ1) is 11.9. The minimum atomic E-state index is -0.774. The van der Waals surface area contributed by atoms with Crippen LogP contribution in [0.1, 0.15) is 16.1 Å². The fraction of sp³-hybridized carbons (Fsp3) is 0.111. The number of anilines is 1. The van der Waals surface area contributed by atoms with E-state index in [9.17, 15) is 13.6 Å². The van der Waals surface area contributed by atoms with E-state index in [4.69, 9.17) is 11.6 Å². The molecular weight excluding hydrogens is 348 g/mol. The van der Waals surface area contributed by atoms with E-state index in [0.717, 1.165) is 10.2 Å². The van der Waals surface area contributed by atoms with Crippen LogP contribution in [-0.4, -0.2) is 15.7 Å². The molecule has 3 aromatic rings. The summed E-state index contributed by atoms with van der Waals surface area (Å²) in [5, 5.41) is 6.15. The first-order valence-electron chi connectivity index (χ1n) is 7.44. The number of hydrogen-bond acceptors (Lipinski definition) is 2. The van der Waals surface area contributed by atoms with Crippen molar-refractivity contribution in [2.45, 2.75) is 6.92 Å². The number of hydrogen-bond donors (Lipinski definition) is 1. The van der Waals surface area contributed by atoms with E-state index in [0.29, 0.717) is 5.56 Å². The maximum absolute atomic E-state index is 14.1. The molecule has 7 heteroatoms. The van der Waals surface area contributed by atoms with E-state index in [2.05, 4.69) is 10.4 Å². The first kappa shape index (κ1) is 17.1. The molecule has 3 rings (SSSR count). The Labute approximate surface area is 148 Å². The molecule has 0 unspecified atom stereocenters. The zero-order chi connectivity index (χ0) is 18.1. The summed E-state index contributed by atoms with van der Waals surface area (Å²) in [6.07, 6.45) is 0. The number of aryl methyl sites for hydroxylation is 2. The van der Waals surface area contributed by atoms with Gasteiger partial charge in [0.15, 0.2) is 0 Å². The minimum Gasteiger partial charge on any atom is -0.320 e. The van der Waals surface area contributed by atoms with E-state index < -0.39 is 17.7 Å². The molecule has 0 radical (unpaired) electrons. The van der Waals surface area contributed by atoms with Gasteiger partial charge in [0.05, 0.1) is 11.4 Å². The van der Waals surface area contributed by atoms with Crippen LogP contribution in [-0.2, 0) is 7.05 Å². The molecule has 128 valence electrons. The summed E-state index contributed by atoms with van der Waals surface area (Å²) in [4.78, 5) is 12.5. The molecule has 0 fully saturated rings. The van der Waals surface area contributed by atoms with Crippen LogP contribution >= 0.6 is 11.6 Å². The average molecular weight is 362 g/mol. The lowest BCUT2D eigenvalue weighted by atomic mass is 10.0. The Hall–Kier alpha value is -2.73. The van der Waals surface area contributed by atoms with Crippen LogP contribution in [0.15, 0.2) is 42.5 Å². The fourth-order valence-electron chi connectivity index (χ4n) is 2.60. The summed E-state index contributed by atoms with van der Waals surface area (Å²) in [5.41, 5.74) is 1.37. The third-order valence-corrected chi connectivity index (χ3v) is 4.17. The second kappa shape index (κ2) is 6.64. The number of halogens is 3. The van der Waals surface area contributed by atoms with Gasteiger partial charge in [-0.3, -0.25) is 4.79 Å². The maximum atomic E-state index is 14.1. The number of benzene rings is 2. The van der Waals surface area contributed by atoms with Crippen LogP contribution in [0.4, 0.5) is 14.5 Å². The van der Waals surface area contributed by atoms with Crippen molar-refractivity contribution >= 4 is 23.2 Å². The predicted octanol–water partition coefficient (Wildman–Crippen LogP) is 4.58. The van der Waals surface area contributed by atoms with Crippen LogP contribution in [0.2, 0.25) is 5.02 Å². The lowest BCUT2D eigenvalue weighted by Crippen LogP contribution is -2.16. The highest BCUT2D eigenvalue weighted by atomic mass is 35.5. The quantitative estimate of drug-likeness (QED) is 0.742. The lowest BCUT2D eigenvalue weighted by Gasteiger charge is -2.14. The van der Waals surface area contributed by atoms with Crippen molar-refractivity contribution in [3.8, 4) is 11.1 Å². The van der Waals surface area contributed by atoms with Crippen molar-refractivity contribution in [1.82, 2.24) is 9.78 Å². The largest absolute Gasteiger partial charge is 0.320 e. The maximum Gasteiger partial charge on any atom is 0.262 e. The molecule has 1 N–H and O–H groups in total. The van der Waals surface area contributed by atoms with Crippen molar-refractivity contribution in [2.75, 3.05) is 5.32 Å². The Morgan fingerprint density at radius 3 is 2.44 bits per heavy atom. The van der Waals surface area contributed by atoms with Gasteiger partial charge < -0.3 is 5.32 Å². The summed E-state index contributed by atoms with van der Waals surface area (Å²) < 4.78 is 29.0. The average Bonchev–Trinajstić information content (AvgIpc) is 2.85. The van der Waals surface area contributed by atoms with Gasteiger partial charge in [0, 0.05) is 12.6 Å². The Balaban J connectivity index is 2.08. The standard InChI is InChI=1S/C18H14ClF2N3O/c1-10-14(17(21)24(2)23-10)18(25)22-16-12(8-9-13(20)15(16)19)11-6-4-3-5-7-11/h3-9H,1-2H3,(H,22,25). The lowest BCUT2D eigenvalue weighted by molar-refractivity contribution is 0.102. The monoisotopic (exact) mass is 361 g/mol. The van der Waals surface area contributed by atoms with Crippen molar-refractivity contribution in [3.63, 3.8) is 0 Å². The van der Waals surface area contributed by atoms with Crippen molar-refractivity contribution in [1.29, 1.82) is 0 Å². The normalized spacial score (nSPS) is 10.8. The number of rotatable bonds is 3. The molecule has 0 saturated heterocycles. The smallest absolute Gasteiger partial charge is 0.262 e. The number of aromatic nitrogens is 2. The fourth-order valence-corrected chi connectivity index (χ4v) is 2.81. The highest BCUT2D eigenvalue weighted by molar-refractivity contribution is 6.35. The summed E-state index contributed by atoms with van der Waals surface area (Å²) in [6, 6.07) is 11.8. The Kier molecular flexibility index (Phi) is 4.55. The zero-order valence-corrected chi connectivity index (χ0v) is 14.2. The van der Waals surface area contributed by atoms with E-state index in [-0.39, 0.29) is 22.0 Å². The van der Waals surface area contributed by atoms with Gasteiger partial charge in [0.2, 0.25) is 5.95 Å². The third-order valence-electron chi connectivity index (χ3n) is 3.80. The zero-order valence-electron chi connectivity index (χ0n) is 13.5. The second-order valence-corrected chi connectivity index (χ2v) is 5.86. The molecule has 2 aromatic carbocycles. The third kappa shape index (κ3) is 3.13. The van der Waals surface area contributed by atoms with Gasteiger partial charge in [-0.25, -0.2) is 9.07 Å². The molecule has 0 aliphatic rings. The SMILES string of the molecule is Cc1nn(C)c(F)c1C(=O)Nc1c(-c2ccccc2)ccc(F)c1Cl. The van der Waals surface area contributed by atoms with Crippen LogP contribution in [0.3, 0.4) is 0 Å². The van der Waals surface area contributed by atoms with Gasteiger partial charge in [-0.05, 0) is 24.6 Å². The minimum absolute atomic E-state index is 0.0838. The summed E-state index contributed by atoms with van der Waals surface area (Å²) >= 11 is 6.06. The molecule has 0 atom stereocenters. The first-order valence-corrected chi connectivity index (χ1v) is 7.81. The van der Waals surface area contributed by atoms with Crippen molar-refractivity contribution in [3.05, 3.63) is 70.5 Å². The van der Waals surface area contributed by atoms with Crippen LogP contribution in [0, 0.1) is 18.7 Å². The Morgan fingerprint density at radius 1 is 1.16 bits per heavy atom. The molecule has 0 aliphatic carbocycles. The Morgan fingerprint density at radius 2 is 1.84 bits per heavy atom. The highest BCUT2D eigenvalue weighted by Gasteiger charge is 2.23. The number of nitrogens with zero attached hydrogens (tertiary/aromatic N) is 2. The molecule has 0 saturated carbocycles. The van der Waals surface area contributed by atoms with E-state index >= 15 is 0 Å². The predicted molar refractivity (Wildman–Crippen MR) is 92.7 cm³/mol. The van der Waals surface area contributed by atoms with Gasteiger partial charge in [-0.2, -0.15) is 9.49 Å². The van der Waals surface area contributed by atoms with Gasteiger partial charge in [-0.1, -0.05) is 41.9 Å². The highest BCUT2D eigenvalue weighted by Crippen LogP contribution is 2.36. The molecular formula is C18H14ClF2N3O. The summed E-state index contributed by atoms with van der Waals surface area (Å²) in [6.45, 7) is 1.52. The van der Waals surface area contributed by atoms with E-state index in [1.54, 1.807) is 12.1 Å². The molecule has 4 nitrogen and oxygen atoms in total. The molecule has 1 aromatic heterocycles. The van der Waals surface area contributed by atoms with Gasteiger partial charge in [-0.15, -0.1) is 0 Å². The van der Waals surface area contributed by atoms with Crippen molar-refractivity contribution in [2.24, 2.45) is 7.05 Å². The molecule has 0 spiro atoms. The Bertz CT molecular complexity index is 955. The van der Waals surface area contributed by atoms with Crippen molar-refractivity contribution < 1.29 is 13.6 Å². The number of carbonyl (C=O) groups excluding carboxylic acids is 1. The van der Waals surface area contributed by atoms with Crippen LogP contribution in [0.5, 0.6) is 0 Å². The number of nitrogens with one attached hydrogen (secondary N) is 1. The summed E-state index contributed by atoms with van der Waals surface area (Å²) in [5.74, 6) is -2.20. The molecule has 0 bridgehead atoms. The van der Waals surface area contributed by atoms with Crippen LogP contribution in [0.25, 0.3) is 11.1 Å². The van der Waals surface area contributed by atoms with E-state index in [1.165, 1.54) is 26.1 Å². The molecule has 1 amide bonds. The topological polar surface area (TPSA) is 46.9 Å². The number of carbonyl (C=O) groups is 1. The van der Waals surface area contributed by atoms with Gasteiger partial charge >= 0.3 is 0 Å². The van der Waals surface area contributed by atoms with Gasteiger partial charge in [0.1, 0.15) is 16.4 Å². The summed E-state index contributed by atoms with van der Waals surface area (Å²) in [7, 11) is 1.39. The molecule has 0 aliphatic heterocycles. The second-order valence-electron chi connectivity index (χ2n) is 5.48. The molecule has 25 heavy (non-hydrogen) atoms. The number of amides is 1. The van der Waals surface area contributed by atoms with E-state index in [1.807, 2.05) is 18.2 Å².